The van der Waals surface area contributed by atoms with Gasteiger partial charge in [0.05, 0.1) is 18.3 Å². The molecule has 2 bridgehead atoms. The van der Waals surface area contributed by atoms with Crippen LogP contribution in [0.15, 0.2) is 23.3 Å². The van der Waals surface area contributed by atoms with E-state index in [1.165, 1.54) is 18.1 Å². The summed E-state index contributed by atoms with van der Waals surface area (Å²) in [5, 5.41) is 0. The molecule has 5 atom stereocenters. The van der Waals surface area contributed by atoms with Gasteiger partial charge in [0.1, 0.15) is 11.7 Å². The molecule has 146 valence electrons. The lowest BCUT2D eigenvalue weighted by molar-refractivity contribution is -0.202. The SMILES string of the molecule is CC(=O)O[C@H]1CC/C(C)=C/CC/C(C)=C/[C@H]2O[C@]1(C)CC[C@@H]2[C@@]1(C)CO1. The molecule has 0 spiro atoms. The highest BCUT2D eigenvalue weighted by molar-refractivity contribution is 5.66. The fourth-order valence-electron chi connectivity index (χ4n) is 4.49. The van der Waals surface area contributed by atoms with E-state index in [9.17, 15) is 4.79 Å². The van der Waals surface area contributed by atoms with E-state index in [0.717, 1.165) is 45.1 Å². The molecule has 0 unspecified atom stereocenters. The number of esters is 1. The molecule has 0 N–H and O–H groups in total. The summed E-state index contributed by atoms with van der Waals surface area (Å²) in [7, 11) is 0. The molecule has 0 aromatic carbocycles. The van der Waals surface area contributed by atoms with Crippen LogP contribution in [0.3, 0.4) is 0 Å². The first-order valence-electron chi connectivity index (χ1n) is 10.0. The van der Waals surface area contributed by atoms with Crippen molar-refractivity contribution in [2.45, 2.75) is 96.6 Å². The molecule has 26 heavy (non-hydrogen) atoms. The van der Waals surface area contributed by atoms with Crippen molar-refractivity contribution in [3.63, 3.8) is 0 Å². The third kappa shape index (κ3) is 4.40. The van der Waals surface area contributed by atoms with E-state index in [2.05, 4.69) is 39.8 Å². The maximum Gasteiger partial charge on any atom is 0.303 e. The second kappa shape index (κ2) is 7.47. The van der Waals surface area contributed by atoms with Crippen LogP contribution in [-0.4, -0.2) is 36.0 Å². The third-order valence-electron chi connectivity index (χ3n) is 6.41. The number of ether oxygens (including phenoxy) is 3. The third-order valence-corrected chi connectivity index (χ3v) is 6.41. The van der Waals surface area contributed by atoms with Gasteiger partial charge in [-0.1, -0.05) is 23.3 Å². The Labute approximate surface area is 158 Å². The van der Waals surface area contributed by atoms with Gasteiger partial charge in [-0.25, -0.2) is 0 Å². The van der Waals surface area contributed by atoms with Crippen molar-refractivity contribution in [3.05, 3.63) is 23.3 Å². The van der Waals surface area contributed by atoms with E-state index in [1.807, 2.05) is 0 Å². The standard InChI is InChI=1S/C22H34O4/c1-15-7-6-8-16(2)13-19-18(22(5)14-24-22)11-12-21(4,26-19)20(10-9-15)25-17(3)23/h7,13,18-20H,6,8-12,14H2,1-5H3/b15-7+,16-13+/t18-,19+,20-,21+,22+/m0/s1. The zero-order valence-electron chi connectivity index (χ0n) is 17.0. The van der Waals surface area contributed by atoms with Crippen LogP contribution in [0.25, 0.3) is 0 Å². The molecule has 0 aromatic heterocycles. The van der Waals surface area contributed by atoms with Crippen LogP contribution in [0.5, 0.6) is 0 Å². The zero-order valence-corrected chi connectivity index (χ0v) is 17.0. The summed E-state index contributed by atoms with van der Waals surface area (Å²) in [6.45, 7) is 11.0. The number of hydrogen-bond acceptors (Lipinski definition) is 4. The summed E-state index contributed by atoms with van der Waals surface area (Å²) < 4.78 is 18.2. The first kappa shape index (κ1) is 19.6. The minimum Gasteiger partial charge on any atom is -0.459 e. The molecule has 3 aliphatic rings. The molecule has 4 heteroatoms. The van der Waals surface area contributed by atoms with E-state index in [0.29, 0.717) is 5.92 Å². The van der Waals surface area contributed by atoms with Crippen LogP contribution in [-0.2, 0) is 19.0 Å². The molecule has 3 rings (SSSR count). The van der Waals surface area contributed by atoms with E-state index in [1.54, 1.807) is 0 Å². The summed E-state index contributed by atoms with van der Waals surface area (Å²) in [6.07, 6.45) is 10.2. The van der Waals surface area contributed by atoms with Gasteiger partial charge in [-0.15, -0.1) is 0 Å². The minimum absolute atomic E-state index is 0.0174. The fourth-order valence-corrected chi connectivity index (χ4v) is 4.49. The van der Waals surface area contributed by atoms with Crippen LogP contribution in [0, 0.1) is 5.92 Å². The number of carbonyl (C=O) groups excluding carboxylic acids is 1. The largest absolute Gasteiger partial charge is 0.459 e. The number of carbonyl (C=O) groups is 1. The molecule has 2 fully saturated rings. The predicted molar refractivity (Wildman–Crippen MR) is 102 cm³/mol. The van der Waals surface area contributed by atoms with E-state index in [-0.39, 0.29) is 23.8 Å². The van der Waals surface area contributed by atoms with Crippen LogP contribution < -0.4 is 0 Å². The topological polar surface area (TPSA) is 48.1 Å². The molecular weight excluding hydrogens is 328 g/mol. The zero-order chi connectivity index (χ0) is 18.9. The molecule has 0 saturated carbocycles. The molecule has 0 radical (unpaired) electrons. The van der Waals surface area contributed by atoms with Crippen LogP contribution in [0.4, 0.5) is 0 Å². The van der Waals surface area contributed by atoms with Crippen molar-refractivity contribution >= 4 is 5.97 Å². The van der Waals surface area contributed by atoms with Crippen LogP contribution >= 0.6 is 0 Å². The molecule has 3 heterocycles. The summed E-state index contributed by atoms with van der Waals surface area (Å²) >= 11 is 0. The van der Waals surface area contributed by atoms with Gasteiger partial charge in [0.2, 0.25) is 0 Å². The predicted octanol–water partition coefficient (Wildman–Crippen LogP) is 4.73. The molecular formula is C22H34O4. The lowest BCUT2D eigenvalue weighted by Gasteiger charge is -2.47. The van der Waals surface area contributed by atoms with E-state index in [4.69, 9.17) is 14.2 Å². The summed E-state index contributed by atoms with van der Waals surface area (Å²) in [6, 6.07) is 0. The number of fused-ring (bicyclic) bond motifs is 2. The molecule has 0 aromatic rings. The second-order valence-electron chi connectivity index (χ2n) is 8.88. The van der Waals surface area contributed by atoms with E-state index >= 15 is 0 Å². The Kier molecular flexibility index (Phi) is 5.64. The minimum atomic E-state index is -0.450. The average molecular weight is 363 g/mol. The Bertz CT molecular complexity index is 601. The highest BCUT2D eigenvalue weighted by atomic mass is 16.6. The van der Waals surface area contributed by atoms with Crippen molar-refractivity contribution < 1.29 is 19.0 Å². The van der Waals surface area contributed by atoms with Gasteiger partial charge in [0.15, 0.2) is 0 Å². The molecule has 0 amide bonds. The Morgan fingerprint density at radius 2 is 1.88 bits per heavy atom. The van der Waals surface area contributed by atoms with Gasteiger partial charge in [-0.3, -0.25) is 4.79 Å². The van der Waals surface area contributed by atoms with Gasteiger partial charge < -0.3 is 14.2 Å². The van der Waals surface area contributed by atoms with Gasteiger partial charge in [0.25, 0.3) is 0 Å². The number of allylic oxidation sites excluding steroid dienone is 3. The summed E-state index contributed by atoms with van der Waals surface area (Å²) in [4.78, 5) is 11.7. The lowest BCUT2D eigenvalue weighted by Crippen LogP contribution is -2.53. The quantitative estimate of drug-likeness (QED) is 0.405. The Morgan fingerprint density at radius 1 is 1.15 bits per heavy atom. The van der Waals surface area contributed by atoms with Crippen molar-refractivity contribution in [3.8, 4) is 0 Å². The monoisotopic (exact) mass is 362 g/mol. The summed E-state index contributed by atoms with van der Waals surface area (Å²) in [5.41, 5.74) is 2.21. The second-order valence-corrected chi connectivity index (χ2v) is 8.88. The van der Waals surface area contributed by atoms with Crippen molar-refractivity contribution in [1.29, 1.82) is 0 Å². The first-order valence-corrected chi connectivity index (χ1v) is 10.0. The number of hydrogen-bond donors (Lipinski definition) is 0. The molecule has 0 aliphatic carbocycles. The van der Waals surface area contributed by atoms with Crippen molar-refractivity contribution in [2.24, 2.45) is 5.92 Å². The van der Waals surface area contributed by atoms with Gasteiger partial charge in [-0.2, -0.15) is 0 Å². The summed E-state index contributed by atoms with van der Waals surface area (Å²) in [5.74, 6) is 0.139. The molecule has 3 aliphatic heterocycles. The first-order chi connectivity index (χ1) is 12.2. The van der Waals surface area contributed by atoms with Crippen molar-refractivity contribution in [1.82, 2.24) is 0 Å². The lowest BCUT2D eigenvalue weighted by atomic mass is 9.76. The fraction of sp³-hybridized carbons (Fsp3) is 0.773. The van der Waals surface area contributed by atoms with Gasteiger partial charge in [0, 0.05) is 12.8 Å². The highest BCUT2D eigenvalue weighted by Gasteiger charge is 2.55. The average Bonchev–Trinajstić information content (AvgIpc) is 3.28. The smallest absolute Gasteiger partial charge is 0.303 e. The number of epoxide rings is 1. The number of rotatable bonds is 2. The van der Waals surface area contributed by atoms with Crippen molar-refractivity contribution in [2.75, 3.05) is 6.61 Å². The Morgan fingerprint density at radius 3 is 2.54 bits per heavy atom. The molecule has 2 saturated heterocycles. The Hall–Kier alpha value is -1.13. The van der Waals surface area contributed by atoms with Crippen LogP contribution in [0.1, 0.15) is 73.1 Å². The highest BCUT2D eigenvalue weighted by Crippen LogP contribution is 2.48. The molecule has 4 nitrogen and oxygen atoms in total. The Balaban J connectivity index is 1.91. The van der Waals surface area contributed by atoms with Gasteiger partial charge in [-0.05, 0) is 66.2 Å². The normalized spacial score (nSPS) is 45.2. The van der Waals surface area contributed by atoms with Crippen LogP contribution in [0.2, 0.25) is 0 Å². The van der Waals surface area contributed by atoms with Gasteiger partial charge >= 0.3 is 5.97 Å². The van der Waals surface area contributed by atoms with E-state index < -0.39 is 5.60 Å². The maximum atomic E-state index is 11.7. The maximum absolute atomic E-state index is 11.7.